The number of ether oxygens (including phenoxy) is 1. The summed E-state index contributed by atoms with van der Waals surface area (Å²) in [6.07, 6.45) is 1.02. The molecule has 1 aliphatic heterocycles. The zero-order chi connectivity index (χ0) is 18.9. The predicted octanol–water partition coefficient (Wildman–Crippen LogP) is 5.58. The van der Waals surface area contributed by atoms with Crippen molar-refractivity contribution in [3.63, 3.8) is 0 Å². The number of hydrogen-bond acceptors (Lipinski definition) is 4. The maximum atomic E-state index is 5.47. The predicted molar refractivity (Wildman–Crippen MR) is 114 cm³/mol. The van der Waals surface area contributed by atoms with Crippen LogP contribution in [0.15, 0.2) is 47.4 Å². The highest BCUT2D eigenvalue weighted by Crippen LogP contribution is 2.43. The number of fused-ring (bicyclic) bond motifs is 2. The van der Waals surface area contributed by atoms with Crippen LogP contribution in [0.5, 0.6) is 0 Å². The molecule has 0 saturated heterocycles. The molecule has 4 heteroatoms. The van der Waals surface area contributed by atoms with E-state index >= 15 is 0 Å². The smallest absolute Gasteiger partial charge is 0.0609 e. The van der Waals surface area contributed by atoms with E-state index in [1.165, 1.54) is 27.3 Å². The standard InChI is InChI=1S/C20H26N2OS.C2H6/c1-4-23-13-7-12-21-20-16-8-5-6-9-18(16)22(3)24-19-14-15(2)10-11-17(19)20;1-2/h5-6,8-11,14,20-21H,4,7,12-13H2,1-3H3;1-2H3. The third-order valence-electron chi connectivity index (χ3n) is 4.32. The lowest BCUT2D eigenvalue weighted by Crippen LogP contribution is -2.25. The van der Waals surface area contributed by atoms with Crippen molar-refractivity contribution in [1.82, 2.24) is 5.32 Å². The first-order valence-electron chi connectivity index (χ1n) is 9.63. The Labute approximate surface area is 163 Å². The second-order valence-corrected chi connectivity index (χ2v) is 7.30. The largest absolute Gasteiger partial charge is 0.382 e. The third kappa shape index (κ3) is 5.03. The van der Waals surface area contributed by atoms with Crippen molar-refractivity contribution in [3.8, 4) is 0 Å². The van der Waals surface area contributed by atoms with Crippen molar-refractivity contribution in [2.24, 2.45) is 0 Å². The van der Waals surface area contributed by atoms with E-state index in [2.05, 4.69) is 66.1 Å². The van der Waals surface area contributed by atoms with Crippen molar-refractivity contribution in [2.45, 2.75) is 45.1 Å². The van der Waals surface area contributed by atoms with E-state index in [9.17, 15) is 0 Å². The topological polar surface area (TPSA) is 24.5 Å². The molecule has 0 bridgehead atoms. The van der Waals surface area contributed by atoms with Crippen LogP contribution in [0.3, 0.4) is 0 Å². The molecule has 3 nitrogen and oxygen atoms in total. The minimum atomic E-state index is 0.218. The van der Waals surface area contributed by atoms with E-state index in [4.69, 9.17) is 4.74 Å². The van der Waals surface area contributed by atoms with Gasteiger partial charge in [-0.05, 0) is 67.6 Å². The minimum Gasteiger partial charge on any atom is -0.382 e. The van der Waals surface area contributed by atoms with Gasteiger partial charge in [-0.2, -0.15) is 0 Å². The molecular formula is C22H32N2OS. The van der Waals surface area contributed by atoms with Gasteiger partial charge in [0.1, 0.15) is 0 Å². The number of anilines is 1. The van der Waals surface area contributed by atoms with Crippen molar-refractivity contribution in [3.05, 3.63) is 59.2 Å². The Bertz CT molecular complexity index is 690. The average molecular weight is 373 g/mol. The summed E-state index contributed by atoms with van der Waals surface area (Å²) < 4.78 is 7.74. The summed E-state index contributed by atoms with van der Waals surface area (Å²) in [7, 11) is 2.15. The summed E-state index contributed by atoms with van der Waals surface area (Å²) in [6.45, 7) is 10.7. The van der Waals surface area contributed by atoms with Crippen molar-refractivity contribution in [1.29, 1.82) is 0 Å². The fourth-order valence-corrected chi connectivity index (χ4v) is 4.22. The van der Waals surface area contributed by atoms with E-state index in [1.54, 1.807) is 0 Å². The maximum Gasteiger partial charge on any atom is 0.0609 e. The summed E-state index contributed by atoms with van der Waals surface area (Å²) in [4.78, 5) is 1.33. The van der Waals surface area contributed by atoms with Crippen LogP contribution in [-0.4, -0.2) is 26.8 Å². The van der Waals surface area contributed by atoms with Crippen molar-refractivity contribution >= 4 is 17.6 Å². The Morgan fingerprint density at radius 3 is 2.65 bits per heavy atom. The highest BCUT2D eigenvalue weighted by atomic mass is 32.2. The minimum absolute atomic E-state index is 0.218. The number of aryl methyl sites for hydroxylation is 1. The zero-order valence-electron chi connectivity index (χ0n) is 16.7. The van der Waals surface area contributed by atoms with Crippen molar-refractivity contribution < 1.29 is 4.74 Å². The highest BCUT2D eigenvalue weighted by molar-refractivity contribution is 8.00. The van der Waals surface area contributed by atoms with Crippen LogP contribution in [0.4, 0.5) is 5.69 Å². The second kappa shape index (κ2) is 10.6. The van der Waals surface area contributed by atoms with Crippen LogP contribution < -0.4 is 9.62 Å². The summed E-state index contributed by atoms with van der Waals surface area (Å²) in [6, 6.07) is 15.7. The molecule has 1 unspecified atom stereocenters. The van der Waals surface area contributed by atoms with Gasteiger partial charge in [0.15, 0.2) is 0 Å². The number of benzene rings is 2. The van der Waals surface area contributed by atoms with Crippen LogP contribution in [0.1, 0.15) is 49.9 Å². The van der Waals surface area contributed by atoms with Gasteiger partial charge in [-0.1, -0.05) is 44.2 Å². The van der Waals surface area contributed by atoms with E-state index in [1.807, 2.05) is 32.7 Å². The molecule has 1 atom stereocenters. The molecule has 2 aromatic rings. The van der Waals surface area contributed by atoms with E-state index in [-0.39, 0.29) is 6.04 Å². The molecule has 2 aromatic carbocycles. The number of rotatable bonds is 6. The lowest BCUT2D eigenvalue weighted by molar-refractivity contribution is 0.144. The van der Waals surface area contributed by atoms with Gasteiger partial charge >= 0.3 is 0 Å². The van der Waals surface area contributed by atoms with Crippen LogP contribution >= 0.6 is 11.9 Å². The normalized spacial score (nSPS) is 15.4. The molecule has 1 aliphatic rings. The third-order valence-corrected chi connectivity index (χ3v) is 5.34. The quantitative estimate of drug-likeness (QED) is 0.528. The Morgan fingerprint density at radius 1 is 1.12 bits per heavy atom. The molecule has 1 heterocycles. The maximum absolute atomic E-state index is 5.47. The van der Waals surface area contributed by atoms with Gasteiger partial charge < -0.3 is 14.4 Å². The highest BCUT2D eigenvalue weighted by Gasteiger charge is 2.25. The lowest BCUT2D eigenvalue weighted by atomic mass is 9.96. The van der Waals surface area contributed by atoms with E-state index in [0.717, 1.165) is 26.2 Å². The van der Waals surface area contributed by atoms with Crippen LogP contribution in [-0.2, 0) is 4.74 Å². The first-order chi connectivity index (χ1) is 12.7. The molecule has 26 heavy (non-hydrogen) atoms. The molecule has 1 N–H and O–H groups in total. The van der Waals surface area contributed by atoms with Crippen LogP contribution in [0.2, 0.25) is 0 Å². The summed E-state index contributed by atoms with van der Waals surface area (Å²) >= 11 is 1.81. The number of nitrogens with zero attached hydrogens (tertiary/aromatic N) is 1. The van der Waals surface area contributed by atoms with E-state index in [0.29, 0.717) is 0 Å². The Hall–Kier alpha value is -1.49. The molecule has 0 saturated carbocycles. The van der Waals surface area contributed by atoms with Gasteiger partial charge in [0.25, 0.3) is 0 Å². The van der Waals surface area contributed by atoms with Gasteiger partial charge in [0, 0.05) is 25.2 Å². The second-order valence-electron chi connectivity index (χ2n) is 6.13. The van der Waals surface area contributed by atoms with Crippen LogP contribution in [0.25, 0.3) is 0 Å². The molecule has 0 radical (unpaired) electrons. The fraction of sp³-hybridized carbons (Fsp3) is 0.455. The monoisotopic (exact) mass is 372 g/mol. The SMILES string of the molecule is CC.CCOCCCNC1c2ccc(C)cc2SN(C)c2ccccc21. The van der Waals surface area contributed by atoms with Gasteiger partial charge in [-0.3, -0.25) is 0 Å². The molecule has 0 aliphatic carbocycles. The fourth-order valence-electron chi connectivity index (χ4n) is 3.13. The summed E-state index contributed by atoms with van der Waals surface area (Å²) in [5.41, 5.74) is 5.28. The Balaban J connectivity index is 0.00000117. The first kappa shape index (κ1) is 20.8. The molecule has 0 spiro atoms. The Kier molecular flexibility index (Phi) is 8.49. The molecule has 3 rings (SSSR count). The van der Waals surface area contributed by atoms with Gasteiger partial charge in [0.05, 0.1) is 11.7 Å². The van der Waals surface area contributed by atoms with Gasteiger partial charge in [0.2, 0.25) is 0 Å². The van der Waals surface area contributed by atoms with Crippen molar-refractivity contribution in [2.75, 3.05) is 31.1 Å². The average Bonchev–Trinajstić information content (AvgIpc) is 2.78. The summed E-state index contributed by atoms with van der Waals surface area (Å²) in [5.74, 6) is 0. The number of nitrogens with one attached hydrogen (secondary N) is 1. The number of para-hydroxylation sites is 1. The van der Waals surface area contributed by atoms with Crippen LogP contribution in [0, 0.1) is 6.92 Å². The number of hydrogen-bond donors (Lipinski definition) is 1. The molecule has 0 amide bonds. The molecule has 0 aromatic heterocycles. The van der Waals surface area contributed by atoms with Gasteiger partial charge in [-0.25, -0.2) is 0 Å². The molecular weight excluding hydrogens is 340 g/mol. The van der Waals surface area contributed by atoms with E-state index < -0.39 is 0 Å². The Morgan fingerprint density at radius 2 is 1.88 bits per heavy atom. The zero-order valence-corrected chi connectivity index (χ0v) is 17.5. The van der Waals surface area contributed by atoms with Gasteiger partial charge in [-0.15, -0.1) is 0 Å². The molecule has 142 valence electrons. The summed E-state index contributed by atoms with van der Waals surface area (Å²) in [5, 5.41) is 3.75. The first-order valence-corrected chi connectivity index (χ1v) is 10.4. The lowest BCUT2D eigenvalue weighted by Gasteiger charge is -2.22. The molecule has 0 fully saturated rings.